The fourth-order valence-electron chi connectivity index (χ4n) is 1.53. The third kappa shape index (κ3) is 1.31. The number of phenolic OH excluding ortho intramolecular Hbond substituents is 1. The van der Waals surface area contributed by atoms with Gasteiger partial charge < -0.3 is 5.11 Å². The van der Waals surface area contributed by atoms with E-state index in [1.807, 2.05) is 37.3 Å². The fourth-order valence-corrected chi connectivity index (χ4v) is 1.53. The van der Waals surface area contributed by atoms with Crippen molar-refractivity contribution in [1.29, 1.82) is 0 Å². The summed E-state index contributed by atoms with van der Waals surface area (Å²) >= 11 is 0. The van der Waals surface area contributed by atoms with Crippen molar-refractivity contribution >= 4 is 10.8 Å². The van der Waals surface area contributed by atoms with Gasteiger partial charge in [0, 0.05) is 16.3 Å². The lowest BCUT2D eigenvalue weighted by atomic mass is 10.0. The lowest BCUT2D eigenvalue weighted by Crippen LogP contribution is -1.79. The van der Waals surface area contributed by atoms with E-state index in [1.54, 1.807) is 6.07 Å². The minimum Gasteiger partial charge on any atom is -0.507 e. The molecule has 0 aliphatic heterocycles. The average Bonchev–Trinajstić information content (AvgIpc) is 2.23. The van der Waals surface area contributed by atoms with Gasteiger partial charge in [0.1, 0.15) is 5.75 Å². The molecular weight excluding hydrogens is 172 g/mol. The average molecular weight is 182 g/mol. The Labute approximate surface area is 83.0 Å². The summed E-state index contributed by atoms with van der Waals surface area (Å²) in [6, 6.07) is 11.2. The predicted molar refractivity (Wildman–Crippen MR) is 58.2 cm³/mol. The first-order chi connectivity index (χ1) is 6.83. The zero-order chi connectivity index (χ0) is 9.97. The second kappa shape index (κ2) is 3.43. The molecule has 0 saturated heterocycles. The molecule has 0 fully saturated rings. The van der Waals surface area contributed by atoms with Crippen molar-refractivity contribution in [1.82, 2.24) is 0 Å². The SMILES string of the molecule is CC#Cc1ccc(O)c2ccccc12. The Balaban J connectivity index is 2.86. The molecule has 0 amide bonds. The van der Waals surface area contributed by atoms with Crippen LogP contribution >= 0.6 is 0 Å². The largest absolute Gasteiger partial charge is 0.507 e. The van der Waals surface area contributed by atoms with E-state index in [1.165, 1.54) is 0 Å². The third-order valence-corrected chi connectivity index (χ3v) is 2.16. The molecule has 2 aromatic carbocycles. The van der Waals surface area contributed by atoms with Crippen LogP contribution in [0, 0.1) is 11.8 Å². The van der Waals surface area contributed by atoms with E-state index in [0.717, 1.165) is 16.3 Å². The lowest BCUT2D eigenvalue weighted by molar-refractivity contribution is 0.481. The molecule has 1 N–H and O–H groups in total. The number of benzene rings is 2. The standard InChI is InChI=1S/C13H10O/c1-2-5-10-8-9-13(14)12-7-4-3-6-11(10)12/h3-4,6-9,14H,1H3. The van der Waals surface area contributed by atoms with E-state index in [9.17, 15) is 5.11 Å². The molecule has 1 heteroatoms. The second-order valence-electron chi connectivity index (χ2n) is 3.05. The molecule has 0 saturated carbocycles. The van der Waals surface area contributed by atoms with Crippen molar-refractivity contribution in [2.24, 2.45) is 0 Å². The number of hydrogen-bond donors (Lipinski definition) is 1. The monoisotopic (exact) mass is 182 g/mol. The summed E-state index contributed by atoms with van der Waals surface area (Å²) in [6.07, 6.45) is 0. The molecule has 2 rings (SSSR count). The highest BCUT2D eigenvalue weighted by atomic mass is 16.3. The molecule has 0 unspecified atom stereocenters. The quantitative estimate of drug-likeness (QED) is 0.621. The summed E-state index contributed by atoms with van der Waals surface area (Å²) in [4.78, 5) is 0. The Bertz CT molecular complexity index is 530. The molecule has 0 bridgehead atoms. The molecule has 0 atom stereocenters. The van der Waals surface area contributed by atoms with Crippen LogP contribution in [0.15, 0.2) is 36.4 Å². The van der Waals surface area contributed by atoms with Gasteiger partial charge in [-0.1, -0.05) is 30.2 Å². The van der Waals surface area contributed by atoms with E-state index >= 15 is 0 Å². The summed E-state index contributed by atoms with van der Waals surface area (Å²) in [7, 11) is 0. The molecule has 0 radical (unpaired) electrons. The Morgan fingerprint density at radius 2 is 1.71 bits per heavy atom. The summed E-state index contributed by atoms with van der Waals surface area (Å²) < 4.78 is 0. The topological polar surface area (TPSA) is 20.2 Å². The predicted octanol–water partition coefficient (Wildman–Crippen LogP) is 2.92. The van der Waals surface area contributed by atoms with Gasteiger partial charge in [0.2, 0.25) is 0 Å². The van der Waals surface area contributed by atoms with Gasteiger partial charge in [0.05, 0.1) is 0 Å². The number of fused-ring (bicyclic) bond motifs is 1. The first kappa shape index (κ1) is 8.65. The first-order valence-corrected chi connectivity index (χ1v) is 4.46. The van der Waals surface area contributed by atoms with E-state index < -0.39 is 0 Å². The van der Waals surface area contributed by atoms with Crippen LogP contribution in [0.25, 0.3) is 10.8 Å². The van der Waals surface area contributed by atoms with Crippen molar-refractivity contribution in [2.45, 2.75) is 6.92 Å². The maximum absolute atomic E-state index is 9.62. The zero-order valence-electron chi connectivity index (χ0n) is 7.91. The fraction of sp³-hybridized carbons (Fsp3) is 0.0769. The van der Waals surface area contributed by atoms with Crippen LogP contribution in [-0.2, 0) is 0 Å². The highest BCUT2D eigenvalue weighted by Gasteiger charge is 2.01. The molecule has 0 aromatic heterocycles. The van der Waals surface area contributed by atoms with Gasteiger partial charge in [-0.05, 0) is 19.1 Å². The van der Waals surface area contributed by atoms with Gasteiger partial charge in [-0.15, -0.1) is 5.92 Å². The normalized spacial score (nSPS) is 9.50. The van der Waals surface area contributed by atoms with Gasteiger partial charge >= 0.3 is 0 Å². The van der Waals surface area contributed by atoms with Crippen LogP contribution in [-0.4, -0.2) is 5.11 Å². The lowest BCUT2D eigenvalue weighted by Gasteiger charge is -2.02. The van der Waals surface area contributed by atoms with E-state index in [-0.39, 0.29) is 0 Å². The zero-order valence-corrected chi connectivity index (χ0v) is 7.91. The Kier molecular flexibility index (Phi) is 2.12. The highest BCUT2D eigenvalue weighted by Crippen LogP contribution is 2.26. The molecule has 68 valence electrons. The summed E-state index contributed by atoms with van der Waals surface area (Å²) in [5.74, 6) is 6.19. The Morgan fingerprint density at radius 3 is 2.43 bits per heavy atom. The number of phenols is 1. The Morgan fingerprint density at radius 1 is 1.00 bits per heavy atom. The molecule has 0 aliphatic rings. The summed E-state index contributed by atoms with van der Waals surface area (Å²) in [5.41, 5.74) is 0.959. The van der Waals surface area contributed by atoms with Crippen molar-refractivity contribution in [3.63, 3.8) is 0 Å². The van der Waals surface area contributed by atoms with E-state index in [4.69, 9.17) is 0 Å². The van der Waals surface area contributed by atoms with Gasteiger partial charge in [-0.2, -0.15) is 0 Å². The van der Waals surface area contributed by atoms with Crippen LogP contribution in [0.1, 0.15) is 12.5 Å². The minimum absolute atomic E-state index is 0.308. The van der Waals surface area contributed by atoms with Crippen LogP contribution in [0.5, 0.6) is 5.75 Å². The van der Waals surface area contributed by atoms with Gasteiger partial charge in [-0.3, -0.25) is 0 Å². The molecule has 2 aromatic rings. The van der Waals surface area contributed by atoms with Crippen LogP contribution in [0.4, 0.5) is 0 Å². The minimum atomic E-state index is 0.308. The Hall–Kier alpha value is -1.94. The first-order valence-electron chi connectivity index (χ1n) is 4.46. The van der Waals surface area contributed by atoms with Gasteiger partial charge in [-0.25, -0.2) is 0 Å². The molecule has 0 aliphatic carbocycles. The van der Waals surface area contributed by atoms with Crippen molar-refractivity contribution in [3.8, 4) is 17.6 Å². The smallest absolute Gasteiger partial charge is 0.123 e. The molecule has 0 heterocycles. The summed E-state index contributed by atoms with van der Waals surface area (Å²) in [5, 5.41) is 11.5. The maximum Gasteiger partial charge on any atom is 0.123 e. The van der Waals surface area contributed by atoms with E-state index in [0.29, 0.717) is 5.75 Å². The molecule has 0 spiro atoms. The van der Waals surface area contributed by atoms with Gasteiger partial charge in [0.15, 0.2) is 0 Å². The van der Waals surface area contributed by atoms with Crippen molar-refractivity contribution in [2.75, 3.05) is 0 Å². The van der Waals surface area contributed by atoms with Crippen LogP contribution in [0.3, 0.4) is 0 Å². The van der Waals surface area contributed by atoms with Gasteiger partial charge in [0.25, 0.3) is 0 Å². The second-order valence-corrected chi connectivity index (χ2v) is 3.05. The van der Waals surface area contributed by atoms with Crippen molar-refractivity contribution < 1.29 is 5.11 Å². The van der Waals surface area contributed by atoms with Crippen molar-refractivity contribution in [3.05, 3.63) is 42.0 Å². The molecule has 14 heavy (non-hydrogen) atoms. The summed E-state index contributed by atoms with van der Waals surface area (Å²) in [6.45, 7) is 1.81. The molecular formula is C13H10O. The maximum atomic E-state index is 9.62. The molecule has 1 nitrogen and oxygen atoms in total. The number of aromatic hydroxyl groups is 1. The van der Waals surface area contributed by atoms with E-state index in [2.05, 4.69) is 11.8 Å². The third-order valence-electron chi connectivity index (χ3n) is 2.16. The number of rotatable bonds is 0. The van der Waals surface area contributed by atoms with Crippen LogP contribution in [0.2, 0.25) is 0 Å². The number of hydrogen-bond acceptors (Lipinski definition) is 1. The van der Waals surface area contributed by atoms with Crippen LogP contribution < -0.4 is 0 Å². The highest BCUT2D eigenvalue weighted by molar-refractivity contribution is 5.92.